The van der Waals surface area contributed by atoms with E-state index in [2.05, 4.69) is 16.9 Å². The van der Waals surface area contributed by atoms with Gasteiger partial charge in [-0.3, -0.25) is 0 Å². The highest BCUT2D eigenvalue weighted by Gasteiger charge is 2.29. The maximum atomic E-state index is 5.62. The molecule has 2 unspecified atom stereocenters. The molecule has 82 valence electrons. The molecule has 0 aliphatic carbocycles. The van der Waals surface area contributed by atoms with Gasteiger partial charge in [-0.2, -0.15) is 4.98 Å². The quantitative estimate of drug-likeness (QED) is 0.774. The van der Waals surface area contributed by atoms with Gasteiger partial charge in [0.1, 0.15) is 5.82 Å². The molecule has 1 aliphatic heterocycles. The topological polar surface area (TPSA) is 64.3 Å². The van der Waals surface area contributed by atoms with Gasteiger partial charge >= 0.3 is 0 Å². The zero-order valence-corrected chi connectivity index (χ0v) is 9.05. The van der Waals surface area contributed by atoms with Gasteiger partial charge in [-0.25, -0.2) is 4.98 Å². The van der Waals surface area contributed by atoms with Crippen LogP contribution in [-0.4, -0.2) is 35.8 Å². The first-order chi connectivity index (χ1) is 7.18. The normalized spacial score (nSPS) is 25.5. The molecule has 0 spiro atoms. The second-order valence-electron chi connectivity index (χ2n) is 3.82. The second-order valence-corrected chi connectivity index (χ2v) is 3.82. The molecule has 0 amide bonds. The molecular weight excluding hydrogens is 192 g/mol. The van der Waals surface area contributed by atoms with E-state index in [0.29, 0.717) is 17.8 Å². The molecule has 5 heteroatoms. The predicted octanol–water partition coefficient (Wildman–Crippen LogP) is 0.672. The van der Waals surface area contributed by atoms with Crippen molar-refractivity contribution in [3.05, 3.63) is 12.3 Å². The summed E-state index contributed by atoms with van der Waals surface area (Å²) in [6.07, 6.45) is 2.91. The third kappa shape index (κ3) is 2.02. The molecule has 2 atom stereocenters. The fourth-order valence-electron chi connectivity index (χ4n) is 1.91. The smallest absolute Gasteiger partial charge is 0.227 e. The molecule has 0 bridgehead atoms. The fourth-order valence-corrected chi connectivity index (χ4v) is 1.91. The van der Waals surface area contributed by atoms with Crippen LogP contribution in [0, 0.1) is 0 Å². The summed E-state index contributed by atoms with van der Waals surface area (Å²) in [4.78, 5) is 10.4. The standard InChI is InChI=1S/C10H16N4O/c1-7-8(4-6-15-7)14(2)10-12-5-3-9(11)13-10/h3,5,7-8H,4,6H2,1-2H3,(H2,11,12,13). The van der Waals surface area contributed by atoms with E-state index in [9.17, 15) is 0 Å². The minimum absolute atomic E-state index is 0.222. The minimum atomic E-state index is 0.222. The van der Waals surface area contributed by atoms with Crippen molar-refractivity contribution in [2.45, 2.75) is 25.5 Å². The molecule has 2 heterocycles. The number of rotatable bonds is 2. The lowest BCUT2D eigenvalue weighted by molar-refractivity contribution is 0.118. The fraction of sp³-hybridized carbons (Fsp3) is 0.600. The van der Waals surface area contributed by atoms with E-state index < -0.39 is 0 Å². The maximum Gasteiger partial charge on any atom is 0.227 e. The Hall–Kier alpha value is -1.36. The molecule has 1 aromatic rings. The van der Waals surface area contributed by atoms with Crippen LogP contribution in [0.4, 0.5) is 11.8 Å². The van der Waals surface area contributed by atoms with Crippen molar-refractivity contribution >= 4 is 11.8 Å². The number of nitrogens with zero attached hydrogens (tertiary/aromatic N) is 3. The molecule has 1 aliphatic rings. The van der Waals surface area contributed by atoms with E-state index in [1.54, 1.807) is 12.3 Å². The zero-order valence-electron chi connectivity index (χ0n) is 9.05. The molecule has 15 heavy (non-hydrogen) atoms. The summed E-state index contributed by atoms with van der Waals surface area (Å²) in [5, 5.41) is 0. The Bertz CT molecular complexity index is 344. The van der Waals surface area contributed by atoms with Crippen LogP contribution < -0.4 is 10.6 Å². The molecule has 0 saturated carbocycles. The number of likely N-dealkylation sites (N-methyl/N-ethyl adjacent to an activating group) is 1. The van der Waals surface area contributed by atoms with E-state index in [-0.39, 0.29) is 6.10 Å². The van der Waals surface area contributed by atoms with Gasteiger partial charge < -0.3 is 15.4 Å². The van der Waals surface area contributed by atoms with Gasteiger partial charge in [-0.05, 0) is 19.4 Å². The second kappa shape index (κ2) is 4.02. The number of hydrogen-bond donors (Lipinski definition) is 1. The van der Waals surface area contributed by atoms with Crippen molar-refractivity contribution < 1.29 is 4.74 Å². The van der Waals surface area contributed by atoms with Crippen LogP contribution >= 0.6 is 0 Å². The van der Waals surface area contributed by atoms with Gasteiger partial charge in [0.25, 0.3) is 0 Å². The van der Waals surface area contributed by atoms with Crippen LogP contribution in [0.15, 0.2) is 12.3 Å². The third-order valence-electron chi connectivity index (χ3n) is 2.81. The zero-order chi connectivity index (χ0) is 10.8. The average Bonchev–Trinajstić information content (AvgIpc) is 2.63. The number of nitrogen functional groups attached to an aromatic ring is 1. The summed E-state index contributed by atoms with van der Waals surface area (Å²) in [6, 6.07) is 2.03. The maximum absolute atomic E-state index is 5.62. The minimum Gasteiger partial charge on any atom is -0.384 e. The first-order valence-electron chi connectivity index (χ1n) is 5.11. The van der Waals surface area contributed by atoms with Crippen LogP contribution in [0.2, 0.25) is 0 Å². The lowest BCUT2D eigenvalue weighted by Crippen LogP contribution is -2.37. The monoisotopic (exact) mass is 208 g/mol. The van der Waals surface area contributed by atoms with Crippen molar-refractivity contribution in [1.29, 1.82) is 0 Å². The molecule has 0 radical (unpaired) electrons. The van der Waals surface area contributed by atoms with Crippen molar-refractivity contribution in [2.24, 2.45) is 0 Å². The van der Waals surface area contributed by atoms with Crippen LogP contribution in [0.1, 0.15) is 13.3 Å². The molecular formula is C10H16N4O. The summed E-state index contributed by atoms with van der Waals surface area (Å²) >= 11 is 0. The lowest BCUT2D eigenvalue weighted by Gasteiger charge is -2.26. The third-order valence-corrected chi connectivity index (χ3v) is 2.81. The molecule has 0 aromatic carbocycles. The van der Waals surface area contributed by atoms with Gasteiger partial charge in [0.05, 0.1) is 12.1 Å². The molecule has 1 aromatic heterocycles. The molecule has 1 fully saturated rings. The number of ether oxygens (including phenoxy) is 1. The molecule has 2 rings (SSSR count). The van der Waals surface area contributed by atoms with Gasteiger partial charge in [0, 0.05) is 19.9 Å². The van der Waals surface area contributed by atoms with Crippen LogP contribution in [-0.2, 0) is 4.74 Å². The average molecular weight is 208 g/mol. The first kappa shape index (κ1) is 10.2. The summed E-state index contributed by atoms with van der Waals surface area (Å²) < 4.78 is 5.51. The van der Waals surface area contributed by atoms with Crippen LogP contribution in [0.25, 0.3) is 0 Å². The Morgan fingerprint density at radius 1 is 1.60 bits per heavy atom. The predicted molar refractivity (Wildman–Crippen MR) is 58.7 cm³/mol. The number of nitrogens with two attached hydrogens (primary N) is 1. The summed E-state index contributed by atoms with van der Waals surface area (Å²) in [6.45, 7) is 2.87. The highest BCUT2D eigenvalue weighted by molar-refractivity contribution is 5.38. The summed E-state index contributed by atoms with van der Waals surface area (Å²) in [5.74, 6) is 1.16. The Kier molecular flexibility index (Phi) is 2.73. The SMILES string of the molecule is CC1OCCC1N(C)c1nccc(N)n1. The van der Waals surface area contributed by atoms with Crippen molar-refractivity contribution in [1.82, 2.24) is 9.97 Å². The molecule has 1 saturated heterocycles. The highest BCUT2D eigenvalue weighted by atomic mass is 16.5. The Morgan fingerprint density at radius 2 is 2.40 bits per heavy atom. The van der Waals surface area contributed by atoms with Crippen molar-refractivity contribution in [3.63, 3.8) is 0 Å². The highest BCUT2D eigenvalue weighted by Crippen LogP contribution is 2.21. The summed E-state index contributed by atoms with van der Waals surface area (Å²) in [5.41, 5.74) is 5.62. The van der Waals surface area contributed by atoms with E-state index in [1.165, 1.54) is 0 Å². The van der Waals surface area contributed by atoms with E-state index in [0.717, 1.165) is 13.0 Å². The largest absolute Gasteiger partial charge is 0.384 e. The van der Waals surface area contributed by atoms with Crippen molar-refractivity contribution in [3.8, 4) is 0 Å². The number of aromatic nitrogens is 2. The Morgan fingerprint density at radius 3 is 3.00 bits per heavy atom. The lowest BCUT2D eigenvalue weighted by atomic mass is 10.1. The number of anilines is 2. The van der Waals surface area contributed by atoms with Crippen LogP contribution in [0.3, 0.4) is 0 Å². The van der Waals surface area contributed by atoms with Gasteiger partial charge in [0.2, 0.25) is 5.95 Å². The Labute approximate surface area is 89.3 Å². The molecule has 2 N–H and O–H groups in total. The van der Waals surface area contributed by atoms with Gasteiger partial charge in [0.15, 0.2) is 0 Å². The van der Waals surface area contributed by atoms with E-state index in [1.807, 2.05) is 11.9 Å². The number of hydrogen-bond acceptors (Lipinski definition) is 5. The van der Waals surface area contributed by atoms with Gasteiger partial charge in [-0.15, -0.1) is 0 Å². The first-order valence-corrected chi connectivity index (χ1v) is 5.11. The van der Waals surface area contributed by atoms with E-state index in [4.69, 9.17) is 10.5 Å². The molecule has 5 nitrogen and oxygen atoms in total. The van der Waals surface area contributed by atoms with Crippen molar-refractivity contribution in [2.75, 3.05) is 24.3 Å². The van der Waals surface area contributed by atoms with Gasteiger partial charge in [-0.1, -0.05) is 0 Å². The van der Waals surface area contributed by atoms with Crippen LogP contribution in [0.5, 0.6) is 0 Å². The van der Waals surface area contributed by atoms with E-state index >= 15 is 0 Å². The summed E-state index contributed by atoms with van der Waals surface area (Å²) in [7, 11) is 1.98. The Balaban J connectivity index is 2.16.